The van der Waals surface area contributed by atoms with Gasteiger partial charge in [-0.1, -0.05) is 17.7 Å². The van der Waals surface area contributed by atoms with Gasteiger partial charge in [0.15, 0.2) is 0 Å². The number of amides is 2. The first-order valence-electron chi connectivity index (χ1n) is 18.5. The highest BCUT2D eigenvalue weighted by molar-refractivity contribution is 7.90. The second kappa shape index (κ2) is 14.7. The van der Waals surface area contributed by atoms with E-state index in [0.717, 1.165) is 84.9 Å². The summed E-state index contributed by atoms with van der Waals surface area (Å²) in [7, 11) is -0.529. The maximum absolute atomic E-state index is 13.6. The molecule has 282 valence electrons. The van der Waals surface area contributed by atoms with Crippen LogP contribution >= 0.6 is 0 Å². The summed E-state index contributed by atoms with van der Waals surface area (Å²) in [4.78, 5) is 51.5. The normalized spacial score (nSPS) is 19.7. The average Bonchev–Trinajstić information content (AvgIpc) is 3.62. The van der Waals surface area contributed by atoms with Gasteiger partial charge in [-0.2, -0.15) is 0 Å². The fourth-order valence-corrected chi connectivity index (χ4v) is 9.40. The van der Waals surface area contributed by atoms with E-state index >= 15 is 0 Å². The topological polar surface area (TPSA) is 130 Å². The summed E-state index contributed by atoms with van der Waals surface area (Å²) in [6.45, 7) is 9.70. The highest BCUT2D eigenvalue weighted by Crippen LogP contribution is 2.42. The molecule has 6 heterocycles. The molecule has 2 amide bonds. The molecule has 3 aliphatic heterocycles. The SMILES string of the molecule is Cc1ccc(S(=O)(=O)n2ccc3c(-c4ccc(N5CCC6(CCN(C(=O)COCCN7CCN(C)C(=O)[C@H]7C)CC6)CC5)nc4)cn(C)c(=O)c32)cc1. The molecule has 0 saturated carbocycles. The highest BCUT2D eigenvalue weighted by Gasteiger charge is 2.39. The van der Waals surface area contributed by atoms with Crippen molar-refractivity contribution in [3.8, 4) is 11.1 Å². The number of carbonyl (C=O) groups is 2. The second-order valence-electron chi connectivity index (χ2n) is 14.9. The molecule has 4 aromatic rings. The van der Waals surface area contributed by atoms with Crippen LogP contribution in [0.2, 0.25) is 0 Å². The summed E-state index contributed by atoms with van der Waals surface area (Å²) in [6, 6.07) is 12.1. The third kappa shape index (κ3) is 7.24. The number of aromatic nitrogens is 3. The number of hydrogen-bond acceptors (Lipinski definition) is 9. The quantitative estimate of drug-likeness (QED) is 0.237. The van der Waals surface area contributed by atoms with Crippen LogP contribution in [0.4, 0.5) is 5.82 Å². The van der Waals surface area contributed by atoms with Crippen LogP contribution in [0.25, 0.3) is 22.0 Å². The van der Waals surface area contributed by atoms with Crippen LogP contribution < -0.4 is 10.5 Å². The van der Waals surface area contributed by atoms with Crippen molar-refractivity contribution in [1.82, 2.24) is 28.2 Å². The standard InChI is InChI=1S/C39H49N7O6S/c1-28-5-8-31(9-6-28)53(50,51)46-16-11-32-33(26-42(4)38(49)36(32)46)30-7-10-34(40-25-30)44-17-12-39(13-18-44)14-19-45(20-15-39)35(47)27-52-24-23-43-22-21-41(3)37(48)29(43)2/h5-11,16,25-26,29H,12-15,17-24,27H2,1-4H3/t29-/m1/s1. The van der Waals surface area contributed by atoms with Crippen LogP contribution in [-0.2, 0) is 31.4 Å². The molecule has 0 bridgehead atoms. The Hall–Kier alpha value is -4.53. The molecule has 0 aliphatic carbocycles. The summed E-state index contributed by atoms with van der Waals surface area (Å²) < 4.78 is 35.4. The lowest BCUT2D eigenvalue weighted by Crippen LogP contribution is -2.55. The maximum Gasteiger partial charge on any atom is 0.275 e. The number of anilines is 1. The number of piperazine rings is 1. The molecule has 1 spiro atoms. The molecule has 0 radical (unpaired) electrons. The number of likely N-dealkylation sites (N-methyl/N-ethyl adjacent to an activating group) is 1. The molecular weight excluding hydrogens is 695 g/mol. The maximum atomic E-state index is 13.6. The highest BCUT2D eigenvalue weighted by atomic mass is 32.2. The van der Waals surface area contributed by atoms with Crippen molar-refractivity contribution in [3.05, 3.63) is 77.0 Å². The summed E-state index contributed by atoms with van der Waals surface area (Å²) in [5.74, 6) is 1.03. The first kappa shape index (κ1) is 36.8. The van der Waals surface area contributed by atoms with Gasteiger partial charge in [0.05, 0.1) is 17.5 Å². The van der Waals surface area contributed by atoms with Gasteiger partial charge in [-0.3, -0.25) is 19.3 Å². The third-order valence-corrected chi connectivity index (χ3v) is 13.4. The molecule has 3 aromatic heterocycles. The van der Waals surface area contributed by atoms with Gasteiger partial charge < -0.3 is 24.0 Å². The Bertz CT molecular complexity index is 2140. The molecule has 1 atom stereocenters. The Morgan fingerprint density at radius 2 is 1.62 bits per heavy atom. The zero-order valence-corrected chi connectivity index (χ0v) is 31.8. The number of likely N-dealkylation sites (tertiary alicyclic amines) is 1. The average molecular weight is 744 g/mol. The number of carbonyl (C=O) groups excluding carboxylic acids is 2. The predicted molar refractivity (Wildman–Crippen MR) is 203 cm³/mol. The molecule has 3 aliphatic rings. The number of piperidine rings is 2. The minimum absolute atomic E-state index is 0.0318. The molecule has 1 aromatic carbocycles. The molecular formula is C39H49N7O6S. The molecule has 7 rings (SSSR count). The van der Waals surface area contributed by atoms with Crippen LogP contribution in [0.3, 0.4) is 0 Å². The molecule has 14 heteroatoms. The Kier molecular flexibility index (Phi) is 10.2. The largest absolute Gasteiger partial charge is 0.370 e. The van der Waals surface area contributed by atoms with Crippen molar-refractivity contribution < 1.29 is 22.7 Å². The van der Waals surface area contributed by atoms with Crippen LogP contribution in [0.1, 0.15) is 38.2 Å². The summed E-state index contributed by atoms with van der Waals surface area (Å²) in [6.07, 6.45) is 8.98. The number of ether oxygens (including phenoxy) is 1. The van der Waals surface area contributed by atoms with Gasteiger partial charge in [0.25, 0.3) is 15.6 Å². The van der Waals surface area contributed by atoms with Gasteiger partial charge in [0.2, 0.25) is 11.8 Å². The number of rotatable bonds is 9. The van der Waals surface area contributed by atoms with Gasteiger partial charge in [-0.15, -0.1) is 0 Å². The Morgan fingerprint density at radius 3 is 2.30 bits per heavy atom. The second-order valence-corrected chi connectivity index (χ2v) is 16.8. The minimum Gasteiger partial charge on any atom is -0.370 e. The van der Waals surface area contributed by atoms with Crippen molar-refractivity contribution in [2.24, 2.45) is 12.5 Å². The molecule has 0 unspecified atom stereocenters. The van der Waals surface area contributed by atoms with Crippen LogP contribution in [-0.4, -0.2) is 121 Å². The number of pyridine rings is 2. The number of fused-ring (bicyclic) bond motifs is 1. The van der Waals surface area contributed by atoms with E-state index in [0.29, 0.717) is 25.1 Å². The zero-order valence-electron chi connectivity index (χ0n) is 31.0. The molecule has 53 heavy (non-hydrogen) atoms. The number of hydrogen-bond donors (Lipinski definition) is 0. The van der Waals surface area contributed by atoms with Crippen molar-refractivity contribution >= 4 is 38.6 Å². The van der Waals surface area contributed by atoms with Gasteiger partial charge in [0, 0.05) is 95.0 Å². The van der Waals surface area contributed by atoms with E-state index in [1.54, 1.807) is 54.7 Å². The van der Waals surface area contributed by atoms with E-state index < -0.39 is 15.6 Å². The molecule has 13 nitrogen and oxygen atoms in total. The van der Waals surface area contributed by atoms with E-state index in [1.807, 2.05) is 37.9 Å². The monoisotopic (exact) mass is 743 g/mol. The van der Waals surface area contributed by atoms with Crippen LogP contribution in [0.5, 0.6) is 0 Å². The van der Waals surface area contributed by atoms with Gasteiger partial charge in [-0.05, 0) is 75.3 Å². The van der Waals surface area contributed by atoms with E-state index in [9.17, 15) is 22.8 Å². The van der Waals surface area contributed by atoms with Gasteiger partial charge in [0.1, 0.15) is 17.9 Å². The number of nitrogens with zero attached hydrogens (tertiary/aromatic N) is 7. The van der Waals surface area contributed by atoms with E-state index in [2.05, 4.69) is 9.80 Å². The summed E-state index contributed by atoms with van der Waals surface area (Å²) in [5.41, 5.74) is 2.38. The Morgan fingerprint density at radius 1 is 0.925 bits per heavy atom. The summed E-state index contributed by atoms with van der Waals surface area (Å²) in [5, 5.41) is 0.549. The van der Waals surface area contributed by atoms with Crippen molar-refractivity contribution in [2.45, 2.75) is 50.5 Å². The Labute approximate surface area is 310 Å². The fraction of sp³-hybridized carbons (Fsp3) is 0.487. The van der Waals surface area contributed by atoms with Gasteiger partial charge >= 0.3 is 0 Å². The van der Waals surface area contributed by atoms with Gasteiger partial charge in [-0.25, -0.2) is 17.4 Å². The number of benzene rings is 1. The van der Waals surface area contributed by atoms with Crippen molar-refractivity contribution in [2.75, 3.05) is 71.0 Å². The van der Waals surface area contributed by atoms with Crippen molar-refractivity contribution in [3.63, 3.8) is 0 Å². The van der Waals surface area contributed by atoms with E-state index in [-0.39, 0.29) is 40.3 Å². The lowest BCUT2D eigenvalue weighted by molar-refractivity contribution is -0.142. The fourth-order valence-electron chi connectivity index (χ4n) is 8.05. The van der Waals surface area contributed by atoms with Crippen LogP contribution in [0, 0.1) is 12.3 Å². The Balaban J connectivity index is 0.938. The minimum atomic E-state index is -3.99. The molecule has 3 saturated heterocycles. The molecule has 0 N–H and O–H groups in total. The first-order valence-corrected chi connectivity index (χ1v) is 19.9. The smallest absolute Gasteiger partial charge is 0.275 e. The number of aryl methyl sites for hydroxylation is 2. The zero-order chi connectivity index (χ0) is 37.5. The van der Waals surface area contributed by atoms with Crippen LogP contribution in [0.15, 0.2) is 70.7 Å². The molecule has 3 fully saturated rings. The van der Waals surface area contributed by atoms with E-state index in [1.165, 1.54) is 10.8 Å². The first-order chi connectivity index (χ1) is 25.4. The lowest BCUT2D eigenvalue weighted by Gasteiger charge is -2.47. The third-order valence-electron chi connectivity index (χ3n) is 11.7. The van der Waals surface area contributed by atoms with E-state index in [4.69, 9.17) is 9.72 Å². The lowest BCUT2D eigenvalue weighted by atomic mass is 9.71. The summed E-state index contributed by atoms with van der Waals surface area (Å²) >= 11 is 0. The predicted octanol–water partition coefficient (Wildman–Crippen LogP) is 3.34. The van der Waals surface area contributed by atoms with Crippen molar-refractivity contribution in [1.29, 1.82) is 0 Å².